The van der Waals surface area contributed by atoms with E-state index in [4.69, 9.17) is 5.73 Å². The lowest BCUT2D eigenvalue weighted by molar-refractivity contribution is 0.446. The zero-order chi connectivity index (χ0) is 14.7. The number of hydrogen-bond acceptors (Lipinski definition) is 6. The number of aromatic nitrogens is 2. The normalized spacial score (nSPS) is 20.0. The minimum atomic E-state index is 0.373. The highest BCUT2D eigenvalue weighted by molar-refractivity contribution is 5.46. The van der Waals surface area contributed by atoms with Gasteiger partial charge in [0.2, 0.25) is 5.95 Å². The van der Waals surface area contributed by atoms with Crippen molar-refractivity contribution in [1.29, 1.82) is 0 Å². The van der Waals surface area contributed by atoms with E-state index < -0.39 is 0 Å². The summed E-state index contributed by atoms with van der Waals surface area (Å²) in [6.45, 7) is 3.84. The molecule has 2 aliphatic rings. The molecule has 6 nitrogen and oxygen atoms in total. The van der Waals surface area contributed by atoms with Crippen molar-refractivity contribution in [2.45, 2.75) is 38.3 Å². The van der Waals surface area contributed by atoms with E-state index in [1.807, 2.05) is 7.05 Å². The molecule has 6 heteroatoms. The van der Waals surface area contributed by atoms with E-state index >= 15 is 0 Å². The molecule has 0 spiro atoms. The predicted octanol–water partition coefficient (Wildman–Crippen LogP) is 0.747. The minimum absolute atomic E-state index is 0.373. The minimum Gasteiger partial charge on any atom is -0.368 e. The van der Waals surface area contributed by atoms with Crippen LogP contribution >= 0.6 is 0 Å². The van der Waals surface area contributed by atoms with Gasteiger partial charge >= 0.3 is 0 Å². The summed E-state index contributed by atoms with van der Waals surface area (Å²) in [6, 6.07) is 2.62. The van der Waals surface area contributed by atoms with Crippen LogP contribution in [0.5, 0.6) is 0 Å². The summed E-state index contributed by atoms with van der Waals surface area (Å²) in [5.41, 5.74) is 6.83. The smallest absolute Gasteiger partial charge is 0.222 e. The summed E-state index contributed by atoms with van der Waals surface area (Å²) in [5.74, 6) is 2.17. The van der Waals surface area contributed by atoms with Gasteiger partial charge in [-0.3, -0.25) is 0 Å². The van der Waals surface area contributed by atoms with Crippen LogP contribution in [-0.4, -0.2) is 42.7 Å². The van der Waals surface area contributed by atoms with Gasteiger partial charge in [-0.25, -0.2) is 4.98 Å². The molecular weight excluding hydrogens is 264 g/mol. The quantitative estimate of drug-likeness (QED) is 0.717. The third-order valence-electron chi connectivity index (χ3n) is 4.61. The van der Waals surface area contributed by atoms with Gasteiger partial charge in [0.25, 0.3) is 0 Å². The maximum absolute atomic E-state index is 5.84. The molecule has 1 aliphatic carbocycles. The second kappa shape index (κ2) is 6.58. The third kappa shape index (κ3) is 3.63. The molecule has 1 aromatic heterocycles. The zero-order valence-corrected chi connectivity index (χ0v) is 12.8. The van der Waals surface area contributed by atoms with Crippen molar-refractivity contribution in [1.82, 2.24) is 20.6 Å². The van der Waals surface area contributed by atoms with Crippen LogP contribution in [0.2, 0.25) is 0 Å². The van der Waals surface area contributed by atoms with Crippen LogP contribution in [0.15, 0.2) is 6.07 Å². The molecule has 3 rings (SSSR count). The molecule has 0 atom stereocenters. The molecular formula is C15H26N6. The first kappa shape index (κ1) is 14.5. The van der Waals surface area contributed by atoms with Crippen LogP contribution in [0.1, 0.15) is 31.4 Å². The average Bonchev–Trinajstić information content (AvgIpc) is 2.90. The topological polar surface area (TPSA) is 79.1 Å². The summed E-state index contributed by atoms with van der Waals surface area (Å²) < 4.78 is 0. The third-order valence-corrected chi connectivity index (χ3v) is 4.61. The number of nitrogen functional groups attached to an aromatic ring is 1. The van der Waals surface area contributed by atoms with Gasteiger partial charge in [-0.1, -0.05) is 12.8 Å². The highest BCUT2D eigenvalue weighted by Gasteiger charge is 2.26. The lowest BCUT2D eigenvalue weighted by atomic mass is 10.1. The van der Waals surface area contributed by atoms with Gasteiger partial charge < -0.3 is 21.3 Å². The van der Waals surface area contributed by atoms with Crippen molar-refractivity contribution in [3.63, 3.8) is 0 Å². The molecule has 4 N–H and O–H groups in total. The maximum Gasteiger partial charge on any atom is 0.222 e. The molecule has 0 unspecified atom stereocenters. The van der Waals surface area contributed by atoms with Gasteiger partial charge in [-0.15, -0.1) is 0 Å². The van der Waals surface area contributed by atoms with E-state index in [1.54, 1.807) is 0 Å². The Morgan fingerprint density at radius 3 is 2.76 bits per heavy atom. The Kier molecular flexibility index (Phi) is 4.55. The molecule has 21 heavy (non-hydrogen) atoms. The molecule has 1 aliphatic heterocycles. The number of anilines is 2. The Bertz CT molecular complexity index is 465. The van der Waals surface area contributed by atoms with Crippen molar-refractivity contribution in [2.24, 2.45) is 5.92 Å². The fourth-order valence-electron chi connectivity index (χ4n) is 3.22. The number of nitrogens with two attached hydrogens (primary N) is 1. The maximum atomic E-state index is 5.84. The highest BCUT2D eigenvalue weighted by Crippen LogP contribution is 2.24. The molecule has 2 heterocycles. The standard InChI is InChI=1S/C15H26N6/c1-17-13-9-21(10-13)14-6-12(19-15(16)20-14)8-18-7-11-4-2-3-5-11/h6,11,13,17-18H,2-5,7-10H2,1H3,(H2,16,19,20). The SMILES string of the molecule is CNC1CN(c2cc(CNCC3CCCC3)nc(N)n2)C1. The lowest BCUT2D eigenvalue weighted by Gasteiger charge is -2.40. The summed E-state index contributed by atoms with van der Waals surface area (Å²) in [6.07, 6.45) is 5.50. The summed E-state index contributed by atoms with van der Waals surface area (Å²) in [4.78, 5) is 10.9. The molecule has 0 aromatic carbocycles. The van der Waals surface area contributed by atoms with E-state index in [0.717, 1.165) is 43.6 Å². The largest absolute Gasteiger partial charge is 0.368 e. The first-order valence-corrected chi connectivity index (χ1v) is 8.01. The van der Waals surface area contributed by atoms with Crippen molar-refractivity contribution in [3.8, 4) is 0 Å². The first-order valence-electron chi connectivity index (χ1n) is 8.01. The van der Waals surface area contributed by atoms with E-state index in [0.29, 0.717) is 12.0 Å². The number of nitrogens with zero attached hydrogens (tertiary/aromatic N) is 3. The molecule has 116 valence electrons. The monoisotopic (exact) mass is 290 g/mol. The zero-order valence-electron chi connectivity index (χ0n) is 12.8. The van der Waals surface area contributed by atoms with Crippen LogP contribution in [-0.2, 0) is 6.54 Å². The van der Waals surface area contributed by atoms with Crippen LogP contribution < -0.4 is 21.3 Å². The van der Waals surface area contributed by atoms with Crippen LogP contribution in [0.4, 0.5) is 11.8 Å². The second-order valence-corrected chi connectivity index (χ2v) is 6.25. The molecule has 0 radical (unpaired) electrons. The van der Waals surface area contributed by atoms with Crippen molar-refractivity contribution in [3.05, 3.63) is 11.8 Å². The first-order chi connectivity index (χ1) is 10.2. The van der Waals surface area contributed by atoms with Gasteiger partial charge in [-0.2, -0.15) is 4.98 Å². The van der Waals surface area contributed by atoms with Crippen molar-refractivity contribution >= 4 is 11.8 Å². The molecule has 1 saturated carbocycles. The Morgan fingerprint density at radius 2 is 2.05 bits per heavy atom. The summed E-state index contributed by atoms with van der Waals surface area (Å²) in [7, 11) is 1.99. The number of hydrogen-bond donors (Lipinski definition) is 3. The Balaban J connectivity index is 1.53. The number of rotatable bonds is 6. The van der Waals surface area contributed by atoms with E-state index in [-0.39, 0.29) is 0 Å². The molecule has 1 aromatic rings. The predicted molar refractivity (Wildman–Crippen MR) is 85.2 cm³/mol. The Morgan fingerprint density at radius 1 is 1.29 bits per heavy atom. The van der Waals surface area contributed by atoms with Gasteiger partial charge in [0.05, 0.1) is 5.69 Å². The fraction of sp³-hybridized carbons (Fsp3) is 0.733. The second-order valence-electron chi connectivity index (χ2n) is 6.25. The Labute approximate surface area is 126 Å². The van der Waals surface area contributed by atoms with Gasteiger partial charge in [0.15, 0.2) is 0 Å². The van der Waals surface area contributed by atoms with E-state index in [1.165, 1.54) is 25.7 Å². The number of nitrogens with one attached hydrogen (secondary N) is 2. The molecule has 0 bridgehead atoms. The molecule has 2 fully saturated rings. The van der Waals surface area contributed by atoms with Gasteiger partial charge in [0.1, 0.15) is 5.82 Å². The lowest BCUT2D eigenvalue weighted by Crippen LogP contribution is -2.57. The highest BCUT2D eigenvalue weighted by atomic mass is 15.3. The van der Waals surface area contributed by atoms with Crippen molar-refractivity contribution in [2.75, 3.05) is 37.3 Å². The van der Waals surface area contributed by atoms with Gasteiger partial charge in [-0.05, 0) is 32.4 Å². The van der Waals surface area contributed by atoms with Crippen molar-refractivity contribution < 1.29 is 0 Å². The summed E-state index contributed by atoms with van der Waals surface area (Å²) >= 11 is 0. The molecule has 1 saturated heterocycles. The summed E-state index contributed by atoms with van der Waals surface area (Å²) in [5, 5.41) is 6.78. The number of likely N-dealkylation sites (N-methyl/N-ethyl adjacent to an activating group) is 1. The van der Waals surface area contributed by atoms with E-state index in [2.05, 4.69) is 31.6 Å². The van der Waals surface area contributed by atoms with Crippen LogP contribution in [0, 0.1) is 5.92 Å². The fourth-order valence-corrected chi connectivity index (χ4v) is 3.22. The van der Waals surface area contributed by atoms with Crippen LogP contribution in [0.3, 0.4) is 0 Å². The van der Waals surface area contributed by atoms with E-state index in [9.17, 15) is 0 Å². The average molecular weight is 290 g/mol. The Hall–Kier alpha value is -1.40. The molecule has 0 amide bonds. The van der Waals surface area contributed by atoms with Crippen LogP contribution in [0.25, 0.3) is 0 Å². The van der Waals surface area contributed by atoms with Gasteiger partial charge in [0, 0.05) is 31.7 Å².